The van der Waals surface area contributed by atoms with Gasteiger partial charge in [-0.2, -0.15) is 0 Å². The number of nitrogens with two attached hydrogens (primary N) is 1. The van der Waals surface area contributed by atoms with E-state index in [4.69, 9.17) is 5.73 Å². The van der Waals surface area contributed by atoms with Gasteiger partial charge in [0.1, 0.15) is 5.69 Å². The Morgan fingerprint density at radius 2 is 1.67 bits per heavy atom. The molecule has 3 aromatic rings. The van der Waals surface area contributed by atoms with Crippen LogP contribution >= 0.6 is 0 Å². The van der Waals surface area contributed by atoms with Gasteiger partial charge >= 0.3 is 0 Å². The minimum atomic E-state index is -0.448. The summed E-state index contributed by atoms with van der Waals surface area (Å²) in [6.45, 7) is 0.731. The quantitative estimate of drug-likeness (QED) is 0.727. The zero-order chi connectivity index (χ0) is 16.8. The SMILES string of the molecule is NC(=O)c1ccc(-c2nccnc2NCCc2ccncc2)cc1. The fourth-order valence-electron chi connectivity index (χ4n) is 2.35. The predicted molar refractivity (Wildman–Crippen MR) is 92.4 cm³/mol. The van der Waals surface area contributed by atoms with Gasteiger partial charge in [-0.05, 0) is 36.2 Å². The Labute approximate surface area is 139 Å². The van der Waals surface area contributed by atoms with Gasteiger partial charge in [0.05, 0.1) is 0 Å². The van der Waals surface area contributed by atoms with E-state index in [1.54, 1.807) is 36.9 Å². The number of carbonyl (C=O) groups excluding carboxylic acids is 1. The molecule has 0 fully saturated rings. The number of hydrogen-bond acceptors (Lipinski definition) is 5. The van der Waals surface area contributed by atoms with Gasteiger partial charge < -0.3 is 11.1 Å². The first-order valence-electron chi connectivity index (χ1n) is 7.58. The number of amides is 1. The molecule has 2 aromatic heterocycles. The maximum Gasteiger partial charge on any atom is 0.248 e. The van der Waals surface area contributed by atoms with Gasteiger partial charge in [0.15, 0.2) is 5.82 Å². The summed E-state index contributed by atoms with van der Waals surface area (Å²) in [6.07, 6.45) is 7.72. The average Bonchev–Trinajstić information content (AvgIpc) is 2.63. The Bertz CT molecular complexity index is 818. The molecule has 0 bridgehead atoms. The Hall–Kier alpha value is -3.28. The van der Waals surface area contributed by atoms with E-state index in [1.807, 2.05) is 24.3 Å². The molecule has 0 aliphatic rings. The van der Waals surface area contributed by atoms with Gasteiger partial charge in [0.2, 0.25) is 5.91 Å². The number of carbonyl (C=O) groups is 1. The highest BCUT2D eigenvalue weighted by molar-refractivity contribution is 5.93. The van der Waals surface area contributed by atoms with E-state index < -0.39 is 5.91 Å². The first-order chi connectivity index (χ1) is 11.7. The number of anilines is 1. The molecule has 1 aromatic carbocycles. The standard InChI is InChI=1S/C18H17N5O/c19-17(24)15-3-1-14(2-4-15)16-18(23-12-11-21-16)22-10-7-13-5-8-20-9-6-13/h1-6,8-9,11-12H,7,10H2,(H2,19,24)(H,22,23). The average molecular weight is 319 g/mol. The van der Waals surface area contributed by atoms with Gasteiger partial charge in [-0.3, -0.25) is 14.8 Å². The number of nitrogens with zero attached hydrogens (tertiary/aromatic N) is 3. The maximum absolute atomic E-state index is 11.2. The Balaban J connectivity index is 1.74. The zero-order valence-electron chi connectivity index (χ0n) is 13.0. The molecule has 0 saturated carbocycles. The van der Waals surface area contributed by atoms with E-state index in [0.29, 0.717) is 11.4 Å². The van der Waals surface area contributed by atoms with Crippen molar-refractivity contribution in [3.8, 4) is 11.3 Å². The molecule has 120 valence electrons. The van der Waals surface area contributed by atoms with Crippen LogP contribution in [0.25, 0.3) is 11.3 Å². The highest BCUT2D eigenvalue weighted by Gasteiger charge is 2.08. The summed E-state index contributed by atoms with van der Waals surface area (Å²) in [5.74, 6) is 0.259. The molecular weight excluding hydrogens is 302 g/mol. The van der Waals surface area contributed by atoms with Crippen molar-refractivity contribution in [3.05, 3.63) is 72.3 Å². The predicted octanol–water partition coefficient (Wildman–Crippen LogP) is 2.29. The Kier molecular flexibility index (Phi) is 4.76. The number of aromatic nitrogens is 3. The van der Waals surface area contributed by atoms with Crippen LogP contribution in [0.1, 0.15) is 15.9 Å². The summed E-state index contributed by atoms with van der Waals surface area (Å²) in [7, 11) is 0. The van der Waals surface area contributed by atoms with E-state index in [0.717, 1.165) is 24.2 Å². The van der Waals surface area contributed by atoms with Crippen molar-refractivity contribution in [1.82, 2.24) is 15.0 Å². The molecule has 0 spiro atoms. The summed E-state index contributed by atoms with van der Waals surface area (Å²) < 4.78 is 0. The molecule has 0 aliphatic heterocycles. The Morgan fingerprint density at radius 1 is 0.958 bits per heavy atom. The minimum Gasteiger partial charge on any atom is -0.368 e. The fourth-order valence-corrected chi connectivity index (χ4v) is 2.35. The lowest BCUT2D eigenvalue weighted by atomic mass is 10.1. The fraction of sp³-hybridized carbons (Fsp3) is 0.111. The lowest BCUT2D eigenvalue weighted by Crippen LogP contribution is -2.10. The van der Waals surface area contributed by atoms with Crippen molar-refractivity contribution in [1.29, 1.82) is 0 Å². The van der Waals surface area contributed by atoms with Crippen LogP contribution in [0.5, 0.6) is 0 Å². The maximum atomic E-state index is 11.2. The van der Waals surface area contributed by atoms with Crippen LogP contribution in [0.15, 0.2) is 61.2 Å². The highest BCUT2D eigenvalue weighted by atomic mass is 16.1. The molecular formula is C18H17N5O. The third-order valence-electron chi connectivity index (χ3n) is 3.60. The molecule has 6 nitrogen and oxygen atoms in total. The lowest BCUT2D eigenvalue weighted by molar-refractivity contribution is 0.100. The summed E-state index contributed by atoms with van der Waals surface area (Å²) in [5, 5.41) is 3.31. The molecule has 0 unspecified atom stereocenters. The smallest absolute Gasteiger partial charge is 0.248 e. The van der Waals surface area contributed by atoms with Crippen LogP contribution in [0.2, 0.25) is 0 Å². The van der Waals surface area contributed by atoms with E-state index >= 15 is 0 Å². The van der Waals surface area contributed by atoms with Crippen molar-refractivity contribution in [2.45, 2.75) is 6.42 Å². The highest BCUT2D eigenvalue weighted by Crippen LogP contribution is 2.23. The van der Waals surface area contributed by atoms with Crippen molar-refractivity contribution in [2.24, 2.45) is 5.73 Å². The summed E-state index contributed by atoms with van der Waals surface area (Å²) in [5.41, 5.74) is 8.55. The number of benzene rings is 1. The van der Waals surface area contributed by atoms with Crippen molar-refractivity contribution in [3.63, 3.8) is 0 Å². The van der Waals surface area contributed by atoms with Crippen LogP contribution in [0.4, 0.5) is 5.82 Å². The Morgan fingerprint density at radius 3 is 2.38 bits per heavy atom. The van der Waals surface area contributed by atoms with Crippen molar-refractivity contribution >= 4 is 11.7 Å². The van der Waals surface area contributed by atoms with Gasteiger partial charge in [-0.25, -0.2) is 4.98 Å². The van der Waals surface area contributed by atoms with Crippen LogP contribution in [0, 0.1) is 0 Å². The second kappa shape index (κ2) is 7.32. The van der Waals surface area contributed by atoms with E-state index in [-0.39, 0.29) is 0 Å². The first-order valence-corrected chi connectivity index (χ1v) is 7.58. The molecule has 0 radical (unpaired) electrons. The van der Waals surface area contributed by atoms with Gasteiger partial charge in [0, 0.05) is 42.5 Å². The molecule has 24 heavy (non-hydrogen) atoms. The molecule has 3 rings (SSSR count). The molecule has 3 N–H and O–H groups in total. The number of hydrogen-bond donors (Lipinski definition) is 2. The summed E-state index contributed by atoms with van der Waals surface area (Å²) in [4.78, 5) is 23.9. The molecule has 0 atom stereocenters. The molecule has 0 aliphatic carbocycles. The minimum absolute atomic E-state index is 0.448. The van der Waals surface area contributed by atoms with Gasteiger partial charge in [-0.1, -0.05) is 12.1 Å². The first kappa shape index (κ1) is 15.6. The molecule has 2 heterocycles. The van der Waals surface area contributed by atoms with E-state index in [2.05, 4.69) is 20.3 Å². The third-order valence-corrected chi connectivity index (χ3v) is 3.60. The number of pyridine rings is 1. The number of rotatable bonds is 6. The van der Waals surface area contributed by atoms with Crippen LogP contribution in [-0.2, 0) is 6.42 Å². The lowest BCUT2D eigenvalue weighted by Gasteiger charge is -2.10. The number of primary amides is 1. The van der Waals surface area contributed by atoms with Crippen LogP contribution in [-0.4, -0.2) is 27.4 Å². The largest absolute Gasteiger partial charge is 0.368 e. The molecule has 1 amide bonds. The van der Waals surface area contributed by atoms with E-state index in [9.17, 15) is 4.79 Å². The van der Waals surface area contributed by atoms with Crippen LogP contribution < -0.4 is 11.1 Å². The number of nitrogens with one attached hydrogen (secondary N) is 1. The monoisotopic (exact) mass is 319 g/mol. The van der Waals surface area contributed by atoms with Crippen LogP contribution in [0.3, 0.4) is 0 Å². The van der Waals surface area contributed by atoms with Crippen molar-refractivity contribution < 1.29 is 4.79 Å². The summed E-state index contributed by atoms with van der Waals surface area (Å²) in [6, 6.07) is 11.0. The topological polar surface area (TPSA) is 93.8 Å². The third kappa shape index (κ3) is 3.73. The second-order valence-corrected chi connectivity index (χ2v) is 5.23. The summed E-state index contributed by atoms with van der Waals surface area (Å²) >= 11 is 0. The van der Waals surface area contributed by atoms with Gasteiger partial charge in [0.25, 0.3) is 0 Å². The van der Waals surface area contributed by atoms with Crippen molar-refractivity contribution in [2.75, 3.05) is 11.9 Å². The normalized spacial score (nSPS) is 10.3. The van der Waals surface area contributed by atoms with Gasteiger partial charge in [-0.15, -0.1) is 0 Å². The zero-order valence-corrected chi connectivity index (χ0v) is 13.0. The second-order valence-electron chi connectivity index (χ2n) is 5.23. The molecule has 0 saturated heterocycles. The molecule has 6 heteroatoms. The van der Waals surface area contributed by atoms with E-state index in [1.165, 1.54) is 5.56 Å².